The van der Waals surface area contributed by atoms with Crippen molar-refractivity contribution in [2.45, 2.75) is 19.4 Å². The van der Waals surface area contributed by atoms with Crippen molar-refractivity contribution >= 4 is 21.8 Å². The van der Waals surface area contributed by atoms with Gasteiger partial charge in [-0.05, 0) is 41.4 Å². The molecule has 1 aromatic carbocycles. The van der Waals surface area contributed by atoms with E-state index >= 15 is 0 Å². The molecule has 0 aliphatic carbocycles. The van der Waals surface area contributed by atoms with Gasteiger partial charge in [-0.2, -0.15) is 0 Å². The molecule has 0 fully saturated rings. The van der Waals surface area contributed by atoms with E-state index in [2.05, 4.69) is 27.8 Å². The van der Waals surface area contributed by atoms with E-state index in [0.717, 1.165) is 10.9 Å². The third-order valence-electron chi connectivity index (χ3n) is 2.02. The fourth-order valence-electron chi connectivity index (χ4n) is 1.26. The zero-order valence-corrected chi connectivity index (χ0v) is 10.3. The van der Waals surface area contributed by atoms with Crippen LogP contribution >= 0.6 is 15.9 Å². The third kappa shape index (κ3) is 3.51. The average molecular weight is 268 g/mol. The van der Waals surface area contributed by atoms with E-state index in [1.807, 2.05) is 25.1 Å². The van der Waals surface area contributed by atoms with Gasteiger partial charge in [-0.25, -0.2) is 0 Å². The smallest absolute Gasteiger partial charge is 0.252 e. The summed E-state index contributed by atoms with van der Waals surface area (Å²) < 4.78 is 0.813. The van der Waals surface area contributed by atoms with Crippen LogP contribution in [0, 0.1) is 0 Å². The summed E-state index contributed by atoms with van der Waals surface area (Å²) in [5, 5.41) is 2.90. The highest BCUT2D eigenvalue weighted by atomic mass is 79.9. The van der Waals surface area contributed by atoms with Gasteiger partial charge in [0.15, 0.2) is 0 Å². The molecule has 1 rings (SSSR count). The van der Waals surface area contributed by atoms with E-state index in [1.165, 1.54) is 0 Å². The number of rotatable bonds is 4. The van der Waals surface area contributed by atoms with Crippen LogP contribution in [0.4, 0.5) is 0 Å². The quantitative estimate of drug-likeness (QED) is 0.835. The zero-order valence-electron chi connectivity index (χ0n) is 8.66. The largest absolute Gasteiger partial charge is 0.349 e. The number of carbonyl (C=O) groups excluding carboxylic acids is 1. The molecule has 0 aromatic heterocycles. The van der Waals surface area contributed by atoms with E-state index in [-0.39, 0.29) is 11.9 Å². The van der Waals surface area contributed by atoms with E-state index < -0.39 is 0 Å². The maximum atomic E-state index is 11.8. The molecule has 0 bridgehead atoms. The molecule has 1 unspecified atom stereocenters. The number of halogens is 1. The van der Waals surface area contributed by atoms with Gasteiger partial charge in [-0.1, -0.05) is 18.2 Å². The highest BCUT2D eigenvalue weighted by molar-refractivity contribution is 9.10. The number of amides is 1. The lowest BCUT2D eigenvalue weighted by Crippen LogP contribution is -2.32. The van der Waals surface area contributed by atoms with Crippen LogP contribution in [0.5, 0.6) is 0 Å². The summed E-state index contributed by atoms with van der Waals surface area (Å²) in [5.41, 5.74) is 0.661. The van der Waals surface area contributed by atoms with Gasteiger partial charge in [0.25, 0.3) is 5.91 Å². The van der Waals surface area contributed by atoms with Crippen molar-refractivity contribution < 1.29 is 4.79 Å². The summed E-state index contributed by atoms with van der Waals surface area (Å²) in [4.78, 5) is 11.8. The minimum absolute atomic E-state index is 0.0585. The molecule has 0 heterocycles. The van der Waals surface area contributed by atoms with Crippen molar-refractivity contribution in [2.75, 3.05) is 0 Å². The fourth-order valence-corrected chi connectivity index (χ4v) is 1.72. The van der Waals surface area contributed by atoms with E-state index in [0.29, 0.717) is 5.56 Å². The Labute approximate surface area is 98.5 Å². The Bertz CT molecular complexity index is 362. The van der Waals surface area contributed by atoms with Crippen LogP contribution < -0.4 is 5.32 Å². The van der Waals surface area contributed by atoms with Crippen molar-refractivity contribution in [1.82, 2.24) is 5.32 Å². The van der Waals surface area contributed by atoms with Gasteiger partial charge < -0.3 is 5.32 Å². The Balaban J connectivity index is 2.69. The number of carbonyl (C=O) groups is 1. The van der Waals surface area contributed by atoms with Crippen LogP contribution in [0.25, 0.3) is 0 Å². The topological polar surface area (TPSA) is 29.1 Å². The van der Waals surface area contributed by atoms with Crippen molar-refractivity contribution in [3.8, 4) is 0 Å². The van der Waals surface area contributed by atoms with Gasteiger partial charge in [0, 0.05) is 10.5 Å². The molecule has 1 atom stereocenters. The van der Waals surface area contributed by atoms with E-state index in [1.54, 1.807) is 12.1 Å². The number of hydrogen-bond donors (Lipinski definition) is 1. The lowest BCUT2D eigenvalue weighted by atomic mass is 10.2. The molecule has 1 aromatic rings. The zero-order chi connectivity index (χ0) is 11.3. The summed E-state index contributed by atoms with van der Waals surface area (Å²) in [6, 6.07) is 7.49. The highest BCUT2D eigenvalue weighted by Crippen LogP contribution is 2.15. The predicted octanol–water partition coefficient (Wildman–Crippen LogP) is 3.14. The molecular formula is C12H14BrNO. The monoisotopic (exact) mass is 267 g/mol. The van der Waals surface area contributed by atoms with Gasteiger partial charge in [0.05, 0.1) is 5.56 Å². The van der Waals surface area contributed by atoms with Crippen LogP contribution in [0.3, 0.4) is 0 Å². The summed E-state index contributed by atoms with van der Waals surface area (Å²) >= 11 is 3.34. The van der Waals surface area contributed by atoms with Gasteiger partial charge in [-0.15, -0.1) is 6.58 Å². The number of hydrogen-bond acceptors (Lipinski definition) is 1. The number of nitrogens with one attached hydrogen (secondary N) is 1. The van der Waals surface area contributed by atoms with Gasteiger partial charge in [0.2, 0.25) is 0 Å². The molecule has 1 amide bonds. The molecule has 0 aliphatic rings. The van der Waals surface area contributed by atoms with Gasteiger partial charge >= 0.3 is 0 Å². The van der Waals surface area contributed by atoms with Crippen LogP contribution in [0.1, 0.15) is 23.7 Å². The fraction of sp³-hybridized carbons (Fsp3) is 0.250. The molecule has 0 radical (unpaired) electrons. The highest BCUT2D eigenvalue weighted by Gasteiger charge is 2.10. The van der Waals surface area contributed by atoms with Crippen molar-refractivity contribution in [3.05, 3.63) is 47.0 Å². The van der Waals surface area contributed by atoms with Crippen molar-refractivity contribution in [2.24, 2.45) is 0 Å². The van der Waals surface area contributed by atoms with E-state index in [4.69, 9.17) is 0 Å². The molecular weight excluding hydrogens is 254 g/mol. The first-order chi connectivity index (χ1) is 7.15. The Kier molecular flexibility index (Phi) is 4.56. The first-order valence-corrected chi connectivity index (χ1v) is 5.60. The van der Waals surface area contributed by atoms with E-state index in [9.17, 15) is 4.79 Å². The minimum atomic E-state index is -0.0585. The standard InChI is InChI=1S/C12H14BrNO/c1-3-6-9(2)14-12(15)10-7-4-5-8-11(10)13/h3-5,7-9H,1,6H2,2H3,(H,14,15). The Hall–Kier alpha value is -1.09. The third-order valence-corrected chi connectivity index (χ3v) is 2.71. The molecule has 15 heavy (non-hydrogen) atoms. The Morgan fingerprint density at radius 2 is 2.27 bits per heavy atom. The molecule has 0 aliphatic heterocycles. The molecule has 0 saturated carbocycles. The van der Waals surface area contributed by atoms with Crippen LogP contribution in [-0.2, 0) is 0 Å². The van der Waals surface area contributed by atoms with Crippen LogP contribution in [0.2, 0.25) is 0 Å². The molecule has 80 valence electrons. The molecule has 3 heteroatoms. The lowest BCUT2D eigenvalue weighted by Gasteiger charge is -2.12. The van der Waals surface area contributed by atoms with Crippen molar-refractivity contribution in [3.63, 3.8) is 0 Å². The molecule has 0 spiro atoms. The Morgan fingerprint density at radius 1 is 1.60 bits per heavy atom. The summed E-state index contributed by atoms with van der Waals surface area (Å²) in [7, 11) is 0. The summed E-state index contributed by atoms with van der Waals surface area (Å²) in [6.07, 6.45) is 2.57. The second-order valence-electron chi connectivity index (χ2n) is 3.38. The first kappa shape index (κ1) is 12.0. The SMILES string of the molecule is C=CCC(C)NC(=O)c1ccccc1Br. The molecule has 1 N–H and O–H groups in total. The predicted molar refractivity (Wildman–Crippen MR) is 65.9 cm³/mol. The van der Waals surface area contributed by atoms with Gasteiger partial charge in [0.1, 0.15) is 0 Å². The normalized spacial score (nSPS) is 11.9. The minimum Gasteiger partial charge on any atom is -0.349 e. The second-order valence-corrected chi connectivity index (χ2v) is 4.23. The molecule has 2 nitrogen and oxygen atoms in total. The lowest BCUT2D eigenvalue weighted by molar-refractivity contribution is 0.0940. The Morgan fingerprint density at radius 3 is 2.87 bits per heavy atom. The van der Waals surface area contributed by atoms with Gasteiger partial charge in [-0.3, -0.25) is 4.79 Å². The average Bonchev–Trinajstić information content (AvgIpc) is 2.18. The number of benzene rings is 1. The van der Waals surface area contributed by atoms with Crippen molar-refractivity contribution in [1.29, 1.82) is 0 Å². The maximum Gasteiger partial charge on any atom is 0.252 e. The first-order valence-electron chi connectivity index (χ1n) is 4.81. The van der Waals surface area contributed by atoms with Crippen LogP contribution in [-0.4, -0.2) is 11.9 Å². The summed E-state index contributed by atoms with van der Waals surface area (Å²) in [6.45, 7) is 5.59. The molecule has 0 saturated heterocycles. The maximum absolute atomic E-state index is 11.8. The van der Waals surface area contributed by atoms with Crippen LogP contribution in [0.15, 0.2) is 41.4 Å². The second kappa shape index (κ2) is 5.71. The summed E-state index contributed by atoms with van der Waals surface area (Å²) in [5.74, 6) is -0.0585.